The molecule has 0 unspecified atom stereocenters. The van der Waals surface area contributed by atoms with E-state index in [4.69, 9.17) is 18.9 Å². The van der Waals surface area contributed by atoms with Crippen LogP contribution in [0.1, 0.15) is 98.7 Å². The zero-order chi connectivity index (χ0) is 41.0. The minimum absolute atomic E-state index is 0.261. The Hall–Kier alpha value is -5.74. The van der Waals surface area contributed by atoms with Crippen LogP contribution in [0.25, 0.3) is 6.08 Å². The molecule has 57 heavy (non-hydrogen) atoms. The average Bonchev–Trinajstić information content (AvgIpc) is 3.17. The first kappa shape index (κ1) is 40.9. The molecular formula is C53H58O4. The molecule has 0 N–H and O–H groups in total. The highest BCUT2D eigenvalue weighted by atomic mass is 16.5. The summed E-state index contributed by atoms with van der Waals surface area (Å²) in [4.78, 5) is 0. The van der Waals surface area contributed by atoms with Crippen LogP contribution in [0.2, 0.25) is 0 Å². The highest BCUT2D eigenvalue weighted by Gasteiger charge is 2.27. The van der Waals surface area contributed by atoms with Gasteiger partial charge < -0.3 is 18.9 Å². The average molecular weight is 759 g/mol. The maximum absolute atomic E-state index is 6.61. The number of ether oxygens (including phenoxy) is 4. The van der Waals surface area contributed by atoms with E-state index in [0.29, 0.717) is 13.2 Å². The molecule has 294 valence electrons. The Labute approximate surface area is 341 Å². The van der Waals surface area contributed by atoms with Crippen molar-refractivity contribution in [3.8, 4) is 34.5 Å². The van der Waals surface area contributed by atoms with Crippen molar-refractivity contribution in [2.75, 3.05) is 0 Å². The fourth-order valence-electron chi connectivity index (χ4n) is 7.67. The monoisotopic (exact) mass is 758 g/mol. The van der Waals surface area contributed by atoms with Crippen LogP contribution >= 0.6 is 0 Å². The summed E-state index contributed by atoms with van der Waals surface area (Å²) in [6.45, 7) is 28.5. The predicted octanol–water partition coefficient (Wildman–Crippen LogP) is 14.4. The number of hydrogen-bond acceptors (Lipinski definition) is 4. The Kier molecular flexibility index (Phi) is 12.3. The molecule has 6 aromatic carbocycles. The standard InChI is InChI=1S/C53H58O4/c1-13-41-15-19-43(20-16-41)31-54-49-37(7)27-47(28-38(49)8)56-51-33(3)23-45(24-34(51)4)53(11,12)46-25-35(5)52(36(6)26-46)57-48-29-39(9)50(40(10)30-48)55-32-44-21-17-42(14-2)18-22-44/h13,15-30H,1,14,31-32H2,2-12H3. The number of aryl methyl sites for hydroxylation is 9. The van der Waals surface area contributed by atoms with Crippen LogP contribution in [-0.4, -0.2) is 0 Å². The van der Waals surface area contributed by atoms with Crippen LogP contribution in [0.5, 0.6) is 34.5 Å². The highest BCUT2D eigenvalue weighted by Crippen LogP contribution is 2.42. The molecule has 0 aliphatic heterocycles. The van der Waals surface area contributed by atoms with E-state index in [2.05, 4.69) is 180 Å². The van der Waals surface area contributed by atoms with Gasteiger partial charge in [0.1, 0.15) is 47.7 Å². The van der Waals surface area contributed by atoms with E-state index in [9.17, 15) is 0 Å². The highest BCUT2D eigenvalue weighted by molar-refractivity contribution is 5.56. The third-order valence-electron chi connectivity index (χ3n) is 11.1. The Morgan fingerprint density at radius 2 is 0.772 bits per heavy atom. The van der Waals surface area contributed by atoms with Crippen molar-refractivity contribution in [2.24, 2.45) is 0 Å². The van der Waals surface area contributed by atoms with E-state index in [1.54, 1.807) is 0 Å². The molecule has 4 heteroatoms. The maximum atomic E-state index is 6.61. The molecule has 0 radical (unpaired) electrons. The molecule has 0 heterocycles. The van der Waals surface area contributed by atoms with Gasteiger partial charge in [-0.15, -0.1) is 0 Å². The lowest BCUT2D eigenvalue weighted by Crippen LogP contribution is -2.20. The zero-order valence-corrected chi connectivity index (χ0v) is 35.8. The Balaban J connectivity index is 1.15. The summed E-state index contributed by atoms with van der Waals surface area (Å²) >= 11 is 0. The summed E-state index contributed by atoms with van der Waals surface area (Å²) in [7, 11) is 0. The molecule has 0 aromatic heterocycles. The Bertz CT molecular complexity index is 2300. The second-order valence-corrected chi connectivity index (χ2v) is 16.2. The summed E-state index contributed by atoms with van der Waals surface area (Å²) in [6.07, 6.45) is 2.88. The van der Waals surface area contributed by atoms with Crippen molar-refractivity contribution in [3.05, 3.63) is 182 Å². The van der Waals surface area contributed by atoms with Crippen LogP contribution in [0, 0.1) is 55.4 Å². The number of rotatable bonds is 14. The maximum Gasteiger partial charge on any atom is 0.133 e. The van der Waals surface area contributed by atoms with Crippen LogP contribution < -0.4 is 18.9 Å². The van der Waals surface area contributed by atoms with Crippen LogP contribution in [0.3, 0.4) is 0 Å². The Morgan fingerprint density at radius 3 is 1.11 bits per heavy atom. The van der Waals surface area contributed by atoms with E-state index in [-0.39, 0.29) is 5.41 Å². The number of hydrogen-bond donors (Lipinski definition) is 0. The fourth-order valence-corrected chi connectivity index (χ4v) is 7.67. The first-order valence-electron chi connectivity index (χ1n) is 20.0. The minimum atomic E-state index is -0.261. The Morgan fingerprint density at radius 1 is 0.456 bits per heavy atom. The second kappa shape index (κ2) is 17.2. The molecule has 0 saturated carbocycles. The molecule has 0 fully saturated rings. The van der Waals surface area contributed by atoms with Gasteiger partial charge in [-0.2, -0.15) is 0 Å². The molecule has 0 atom stereocenters. The van der Waals surface area contributed by atoms with E-state index in [1.807, 2.05) is 6.08 Å². The summed E-state index contributed by atoms with van der Waals surface area (Å²) in [5, 5.41) is 0. The fraction of sp³-hybridized carbons (Fsp3) is 0.283. The van der Waals surface area contributed by atoms with Gasteiger partial charge in [0, 0.05) is 5.41 Å². The normalized spacial score (nSPS) is 11.4. The van der Waals surface area contributed by atoms with E-state index in [0.717, 1.165) is 102 Å². The SMILES string of the molecule is C=Cc1ccc(COc2c(C)cc(Oc3c(C)cc(C(C)(C)c4cc(C)c(Oc5cc(C)c(OCc6ccc(CC)cc6)c(C)c5)c(C)c4)cc3C)cc2C)cc1. The third-order valence-corrected chi connectivity index (χ3v) is 11.1. The largest absolute Gasteiger partial charge is 0.488 e. The molecule has 0 bridgehead atoms. The molecule has 0 saturated heterocycles. The van der Waals surface area contributed by atoms with Crippen molar-refractivity contribution in [1.29, 1.82) is 0 Å². The molecule has 6 aromatic rings. The van der Waals surface area contributed by atoms with Gasteiger partial charge in [-0.1, -0.05) is 106 Å². The molecule has 6 rings (SSSR count). The van der Waals surface area contributed by atoms with Gasteiger partial charge in [0.15, 0.2) is 0 Å². The van der Waals surface area contributed by atoms with Gasteiger partial charge in [0.2, 0.25) is 0 Å². The van der Waals surface area contributed by atoms with Gasteiger partial charge in [-0.3, -0.25) is 0 Å². The first-order chi connectivity index (χ1) is 27.2. The predicted molar refractivity (Wildman–Crippen MR) is 237 cm³/mol. The summed E-state index contributed by atoms with van der Waals surface area (Å²) in [6, 6.07) is 34.3. The van der Waals surface area contributed by atoms with Gasteiger partial charge >= 0.3 is 0 Å². The lowest BCUT2D eigenvalue weighted by molar-refractivity contribution is 0.301. The lowest BCUT2D eigenvalue weighted by atomic mass is 9.76. The smallest absolute Gasteiger partial charge is 0.133 e. The van der Waals surface area contributed by atoms with E-state index >= 15 is 0 Å². The van der Waals surface area contributed by atoms with E-state index < -0.39 is 0 Å². The van der Waals surface area contributed by atoms with Crippen molar-refractivity contribution < 1.29 is 18.9 Å². The summed E-state index contributed by atoms with van der Waals surface area (Å²) in [5.74, 6) is 5.18. The molecule has 4 nitrogen and oxygen atoms in total. The molecule has 0 aliphatic carbocycles. The number of benzene rings is 6. The molecular weight excluding hydrogens is 701 g/mol. The van der Waals surface area contributed by atoms with E-state index in [1.165, 1.54) is 16.7 Å². The molecule has 0 amide bonds. The van der Waals surface area contributed by atoms with Crippen LogP contribution in [-0.2, 0) is 25.0 Å². The minimum Gasteiger partial charge on any atom is -0.488 e. The van der Waals surface area contributed by atoms with Crippen molar-refractivity contribution in [1.82, 2.24) is 0 Å². The first-order valence-corrected chi connectivity index (χ1v) is 20.0. The summed E-state index contributed by atoms with van der Waals surface area (Å²) in [5.41, 5.74) is 15.5. The molecule has 0 spiro atoms. The van der Waals surface area contributed by atoms with Gasteiger partial charge in [0.25, 0.3) is 0 Å². The topological polar surface area (TPSA) is 36.9 Å². The molecule has 0 aliphatic rings. The van der Waals surface area contributed by atoms with Gasteiger partial charge in [0.05, 0.1) is 0 Å². The van der Waals surface area contributed by atoms with Crippen molar-refractivity contribution >= 4 is 6.08 Å². The van der Waals surface area contributed by atoms with Crippen LogP contribution in [0.4, 0.5) is 0 Å². The summed E-state index contributed by atoms with van der Waals surface area (Å²) < 4.78 is 25.8. The zero-order valence-electron chi connectivity index (χ0n) is 35.8. The van der Waals surface area contributed by atoms with Crippen molar-refractivity contribution in [2.45, 2.75) is 101 Å². The second-order valence-electron chi connectivity index (χ2n) is 16.2. The lowest BCUT2D eigenvalue weighted by Gasteiger charge is -2.29. The van der Waals surface area contributed by atoms with Crippen molar-refractivity contribution in [3.63, 3.8) is 0 Å². The van der Waals surface area contributed by atoms with Gasteiger partial charge in [-0.05, 0) is 164 Å². The van der Waals surface area contributed by atoms with Gasteiger partial charge in [-0.25, -0.2) is 0 Å². The van der Waals surface area contributed by atoms with Crippen LogP contribution in [0.15, 0.2) is 104 Å². The quantitative estimate of drug-likeness (QED) is 0.111. The third kappa shape index (κ3) is 9.29.